The van der Waals surface area contributed by atoms with E-state index in [4.69, 9.17) is 10.5 Å². The molecule has 3 heterocycles. The van der Waals surface area contributed by atoms with Gasteiger partial charge in [-0.25, -0.2) is 23.8 Å². The van der Waals surface area contributed by atoms with E-state index in [9.17, 15) is 9.18 Å². The maximum Gasteiger partial charge on any atom is 0.320 e. The molecule has 2 atom stereocenters. The SMILES string of the molecule is N=C(N=C(P)C(c1ccc(F)cc1)C1CCN(C(=O)N2CC3(CC(n4cnc(C5CC5)n4)C3)C2)CC1)C1CC1. The highest BCUT2D eigenvalue weighted by Gasteiger charge is 2.55. The molecule has 206 valence electrons. The second-order valence-electron chi connectivity index (χ2n) is 12.6. The van der Waals surface area contributed by atoms with E-state index in [-0.39, 0.29) is 29.1 Å². The summed E-state index contributed by atoms with van der Waals surface area (Å²) >= 11 is 0. The number of piperidine rings is 1. The molecule has 1 spiro atoms. The number of halogens is 1. The molecule has 2 amide bonds. The molecule has 5 aliphatic rings. The number of hydrogen-bond acceptors (Lipinski definition) is 4. The van der Waals surface area contributed by atoms with Gasteiger partial charge < -0.3 is 9.80 Å². The van der Waals surface area contributed by atoms with Crippen molar-refractivity contribution in [2.75, 3.05) is 26.2 Å². The maximum absolute atomic E-state index is 13.7. The van der Waals surface area contributed by atoms with Crippen LogP contribution in [0.25, 0.3) is 0 Å². The van der Waals surface area contributed by atoms with Gasteiger partial charge in [0.05, 0.1) is 6.04 Å². The van der Waals surface area contributed by atoms with Gasteiger partial charge in [-0.1, -0.05) is 21.4 Å². The Bertz CT molecular complexity index is 1280. The number of benzene rings is 1. The lowest BCUT2D eigenvalue weighted by Gasteiger charge is -2.59. The fourth-order valence-electron chi connectivity index (χ4n) is 6.91. The van der Waals surface area contributed by atoms with Crippen LogP contribution in [0.4, 0.5) is 9.18 Å². The lowest BCUT2D eigenvalue weighted by molar-refractivity contribution is -0.0750. The molecule has 3 saturated carbocycles. The van der Waals surface area contributed by atoms with Crippen LogP contribution in [-0.2, 0) is 0 Å². The number of hydrogen-bond donors (Lipinski definition) is 1. The van der Waals surface area contributed by atoms with Crippen LogP contribution >= 0.6 is 9.24 Å². The Morgan fingerprint density at radius 3 is 2.38 bits per heavy atom. The molecule has 10 heteroatoms. The van der Waals surface area contributed by atoms with Crippen LogP contribution in [0.1, 0.15) is 80.6 Å². The quantitative estimate of drug-likeness (QED) is 0.305. The lowest BCUT2D eigenvalue weighted by atomic mass is 9.61. The largest absolute Gasteiger partial charge is 0.325 e. The highest BCUT2D eigenvalue weighted by atomic mass is 31.0. The minimum atomic E-state index is -0.250. The van der Waals surface area contributed by atoms with E-state index in [2.05, 4.69) is 23.9 Å². The first-order chi connectivity index (χ1) is 18.9. The molecule has 5 fully saturated rings. The third-order valence-electron chi connectivity index (χ3n) is 9.55. The van der Waals surface area contributed by atoms with Crippen molar-refractivity contribution >= 4 is 26.6 Å². The zero-order valence-electron chi connectivity index (χ0n) is 22.3. The van der Waals surface area contributed by atoms with Gasteiger partial charge in [-0.2, -0.15) is 5.10 Å². The first-order valence-electron chi connectivity index (χ1n) is 14.5. The first-order valence-corrected chi connectivity index (χ1v) is 15.1. The molecule has 8 nitrogen and oxygen atoms in total. The summed E-state index contributed by atoms with van der Waals surface area (Å²) in [6.45, 7) is 3.12. The molecule has 7 rings (SSSR count). The molecule has 0 bridgehead atoms. The van der Waals surface area contributed by atoms with E-state index in [1.165, 1.54) is 25.0 Å². The van der Waals surface area contributed by atoms with E-state index in [1.54, 1.807) is 0 Å². The number of amides is 2. The highest BCUT2D eigenvalue weighted by molar-refractivity contribution is 7.41. The zero-order chi connectivity index (χ0) is 26.7. The molecule has 3 aliphatic carbocycles. The molecular weight excluding hydrogens is 512 g/mol. The normalized spacial score (nSPS) is 24.4. The Morgan fingerprint density at radius 2 is 1.74 bits per heavy atom. The predicted molar refractivity (Wildman–Crippen MR) is 151 cm³/mol. The minimum Gasteiger partial charge on any atom is -0.325 e. The second kappa shape index (κ2) is 9.76. The summed E-state index contributed by atoms with van der Waals surface area (Å²) in [5.41, 5.74) is 2.14. The Hall–Kier alpha value is -2.67. The van der Waals surface area contributed by atoms with E-state index >= 15 is 0 Å². The van der Waals surface area contributed by atoms with Gasteiger partial charge in [0.1, 0.15) is 18.0 Å². The fraction of sp³-hybridized carbons (Fsp3) is 0.621. The molecule has 2 saturated heterocycles. The number of carbonyl (C=O) groups is 1. The van der Waals surface area contributed by atoms with E-state index in [0.717, 1.165) is 68.5 Å². The van der Waals surface area contributed by atoms with Crippen LogP contribution in [0.3, 0.4) is 0 Å². The Labute approximate surface area is 231 Å². The van der Waals surface area contributed by atoms with Crippen molar-refractivity contribution in [3.8, 4) is 0 Å². The van der Waals surface area contributed by atoms with Gasteiger partial charge >= 0.3 is 6.03 Å². The molecule has 2 aliphatic heterocycles. The van der Waals surface area contributed by atoms with Gasteiger partial charge in [0.25, 0.3) is 0 Å². The summed E-state index contributed by atoms with van der Waals surface area (Å²) in [5, 5.41) is 13.0. The van der Waals surface area contributed by atoms with Gasteiger partial charge in [-0.15, -0.1) is 0 Å². The second-order valence-corrected chi connectivity index (χ2v) is 13.2. The molecule has 2 aromatic rings. The number of aromatic nitrogens is 3. The van der Waals surface area contributed by atoms with Crippen LogP contribution in [0.5, 0.6) is 0 Å². The van der Waals surface area contributed by atoms with Crippen LogP contribution < -0.4 is 0 Å². The van der Waals surface area contributed by atoms with Gasteiger partial charge in [0.15, 0.2) is 5.82 Å². The molecule has 0 radical (unpaired) electrons. The highest BCUT2D eigenvalue weighted by Crippen LogP contribution is 2.54. The molecule has 1 aromatic heterocycles. The van der Waals surface area contributed by atoms with Crippen molar-refractivity contribution in [2.45, 2.75) is 69.2 Å². The average Bonchev–Trinajstić information content (AvgIpc) is 3.82. The monoisotopic (exact) mass is 549 g/mol. The van der Waals surface area contributed by atoms with Crippen molar-refractivity contribution in [1.82, 2.24) is 24.6 Å². The smallest absolute Gasteiger partial charge is 0.320 e. The van der Waals surface area contributed by atoms with E-state index in [0.29, 0.717) is 36.8 Å². The van der Waals surface area contributed by atoms with Crippen LogP contribution in [-0.4, -0.2) is 68.1 Å². The van der Waals surface area contributed by atoms with Crippen molar-refractivity contribution < 1.29 is 9.18 Å². The van der Waals surface area contributed by atoms with Crippen LogP contribution in [0.2, 0.25) is 0 Å². The topological polar surface area (TPSA) is 90.5 Å². The number of aliphatic imine (C=N–C) groups is 1. The van der Waals surface area contributed by atoms with Crippen molar-refractivity contribution in [3.05, 3.63) is 47.8 Å². The fourth-order valence-corrected chi connectivity index (χ4v) is 7.52. The summed E-state index contributed by atoms with van der Waals surface area (Å²) in [7, 11) is 2.76. The minimum absolute atomic E-state index is 0.00311. The van der Waals surface area contributed by atoms with Gasteiger partial charge in [-0.3, -0.25) is 5.41 Å². The van der Waals surface area contributed by atoms with Gasteiger partial charge in [0, 0.05) is 54.8 Å². The summed E-state index contributed by atoms with van der Waals surface area (Å²) in [5.74, 6) is 2.38. The predicted octanol–water partition coefficient (Wildman–Crippen LogP) is 5.21. The Morgan fingerprint density at radius 1 is 1.05 bits per heavy atom. The van der Waals surface area contributed by atoms with Crippen molar-refractivity contribution in [1.29, 1.82) is 5.41 Å². The van der Waals surface area contributed by atoms with Crippen molar-refractivity contribution in [3.63, 3.8) is 0 Å². The number of urea groups is 1. The molecular formula is C29H37FN7OP. The number of nitrogens with one attached hydrogen (secondary N) is 1. The Balaban J connectivity index is 0.939. The number of likely N-dealkylation sites (tertiary alicyclic amines) is 2. The van der Waals surface area contributed by atoms with Crippen LogP contribution in [0.15, 0.2) is 35.6 Å². The number of rotatable bonds is 6. The third kappa shape index (κ3) is 5.03. The van der Waals surface area contributed by atoms with Gasteiger partial charge in [0.2, 0.25) is 0 Å². The first kappa shape index (κ1) is 25.3. The zero-order valence-corrected chi connectivity index (χ0v) is 23.5. The van der Waals surface area contributed by atoms with E-state index in [1.807, 2.05) is 28.3 Å². The number of amidine groups is 1. The van der Waals surface area contributed by atoms with E-state index < -0.39 is 0 Å². The Kier molecular flexibility index (Phi) is 6.33. The number of carbonyl (C=O) groups excluding carboxylic acids is 1. The average molecular weight is 550 g/mol. The van der Waals surface area contributed by atoms with Crippen molar-refractivity contribution in [2.24, 2.45) is 22.2 Å². The molecule has 2 unspecified atom stereocenters. The summed E-state index contributed by atoms with van der Waals surface area (Å²) in [6.07, 6.45) is 10.3. The maximum atomic E-state index is 13.7. The summed E-state index contributed by atoms with van der Waals surface area (Å²) < 4.78 is 15.7. The lowest BCUT2D eigenvalue weighted by Crippen LogP contribution is -2.66. The third-order valence-corrected chi connectivity index (χ3v) is 10.0. The van der Waals surface area contributed by atoms with Crippen LogP contribution in [0, 0.1) is 28.5 Å². The van der Waals surface area contributed by atoms with Gasteiger partial charge in [-0.05, 0) is 75.0 Å². The molecule has 1 aromatic carbocycles. The summed E-state index contributed by atoms with van der Waals surface area (Å²) in [6, 6.07) is 7.28. The summed E-state index contributed by atoms with van der Waals surface area (Å²) in [4.78, 5) is 26.5. The standard InChI is InChI=1S/C29H37FN7OP/c30-22-7-5-18(6-8-22)24(27(39)33-25(31)20-1-2-20)19-9-11-35(12-10-19)28(38)36-15-29(16-36)13-23(14-29)37-17-32-26(34-37)21-3-4-21/h5-8,17,19-21,23-24,31H,1-4,9-16,39H2. The number of nitrogens with zero attached hydrogens (tertiary/aromatic N) is 6. The molecule has 1 N–H and O–H groups in total. The molecule has 39 heavy (non-hydrogen) atoms.